The monoisotopic (exact) mass is 270 g/mol. The Morgan fingerprint density at radius 2 is 1.78 bits per heavy atom. The molecule has 0 atom stereocenters. The van der Waals surface area contributed by atoms with E-state index in [1.807, 2.05) is 40.0 Å². The van der Waals surface area contributed by atoms with Gasteiger partial charge in [-0.15, -0.1) is 0 Å². The minimum absolute atomic E-state index is 0.0512. The highest BCUT2D eigenvalue weighted by atomic mass is 32.2. The van der Waals surface area contributed by atoms with Gasteiger partial charge in [0.1, 0.15) is 0 Å². The molecule has 0 saturated heterocycles. The Morgan fingerprint density at radius 1 is 1.22 bits per heavy atom. The Morgan fingerprint density at radius 3 is 2.22 bits per heavy atom. The first-order chi connectivity index (χ1) is 8.39. The van der Waals surface area contributed by atoms with Gasteiger partial charge in [-0.2, -0.15) is 4.31 Å². The number of benzene rings is 1. The van der Waals surface area contributed by atoms with Crippen molar-refractivity contribution in [2.75, 3.05) is 20.1 Å². The van der Waals surface area contributed by atoms with Gasteiger partial charge in [-0.25, -0.2) is 8.42 Å². The molecule has 102 valence electrons. The fourth-order valence-corrected chi connectivity index (χ4v) is 3.36. The highest BCUT2D eigenvalue weighted by Crippen LogP contribution is 2.18. The molecule has 0 heterocycles. The number of rotatable bonds is 6. The van der Waals surface area contributed by atoms with Crippen molar-refractivity contribution >= 4 is 10.0 Å². The first-order valence-electron chi connectivity index (χ1n) is 6.12. The predicted octanol–water partition coefficient (Wildman–Crippen LogP) is 1.61. The number of hydrogen-bond donors (Lipinski definition) is 1. The molecule has 0 amide bonds. The average molecular weight is 270 g/mol. The van der Waals surface area contributed by atoms with Crippen LogP contribution in [0.2, 0.25) is 0 Å². The zero-order valence-corrected chi connectivity index (χ0v) is 12.3. The van der Waals surface area contributed by atoms with Gasteiger partial charge in [0, 0.05) is 19.1 Å². The molecule has 0 fully saturated rings. The lowest BCUT2D eigenvalue weighted by molar-refractivity contribution is 0.354. The van der Waals surface area contributed by atoms with E-state index in [0.29, 0.717) is 18.0 Å². The topological polar surface area (TPSA) is 49.4 Å². The molecule has 0 aliphatic heterocycles. The molecule has 0 aromatic heterocycles. The summed E-state index contributed by atoms with van der Waals surface area (Å²) in [5, 5.41) is 2.98. The third-order valence-corrected chi connectivity index (χ3v) is 4.88. The summed E-state index contributed by atoms with van der Waals surface area (Å²) in [6.45, 7) is 6.84. The molecule has 0 unspecified atom stereocenters. The predicted molar refractivity (Wildman–Crippen MR) is 74.1 cm³/mol. The van der Waals surface area contributed by atoms with Crippen molar-refractivity contribution in [2.24, 2.45) is 0 Å². The molecule has 0 bridgehead atoms. The molecule has 1 aromatic rings. The van der Waals surface area contributed by atoms with E-state index >= 15 is 0 Å². The van der Waals surface area contributed by atoms with Gasteiger partial charge in [-0.05, 0) is 40.0 Å². The molecule has 18 heavy (non-hydrogen) atoms. The lowest BCUT2D eigenvalue weighted by Crippen LogP contribution is -2.40. The molecule has 5 heteroatoms. The first-order valence-corrected chi connectivity index (χ1v) is 7.56. The van der Waals surface area contributed by atoms with E-state index in [0.717, 1.165) is 5.56 Å². The van der Waals surface area contributed by atoms with Crippen molar-refractivity contribution in [2.45, 2.75) is 31.7 Å². The van der Waals surface area contributed by atoms with E-state index in [1.165, 1.54) is 4.31 Å². The van der Waals surface area contributed by atoms with Crippen LogP contribution in [0.15, 0.2) is 29.2 Å². The molecule has 1 N–H and O–H groups in total. The second-order valence-electron chi connectivity index (χ2n) is 4.63. The average Bonchev–Trinajstić information content (AvgIpc) is 2.29. The SMILES string of the molecule is CNCCN(C(C)C)S(=O)(=O)c1ccc(C)cc1. The summed E-state index contributed by atoms with van der Waals surface area (Å²) in [4.78, 5) is 0.359. The van der Waals surface area contributed by atoms with Crippen LogP contribution < -0.4 is 5.32 Å². The molecular formula is C13H22N2O2S. The smallest absolute Gasteiger partial charge is 0.243 e. The summed E-state index contributed by atoms with van der Waals surface area (Å²) in [5.41, 5.74) is 1.06. The first kappa shape index (κ1) is 15.1. The van der Waals surface area contributed by atoms with Crippen LogP contribution in [0, 0.1) is 6.92 Å². The Balaban J connectivity index is 3.05. The quantitative estimate of drug-likeness (QED) is 0.854. The standard InChI is InChI=1S/C13H22N2O2S/c1-11(2)15(10-9-14-4)18(16,17)13-7-5-12(3)6-8-13/h5-8,11,14H,9-10H2,1-4H3. The molecule has 1 aromatic carbocycles. The number of aryl methyl sites for hydroxylation is 1. The maximum Gasteiger partial charge on any atom is 0.243 e. The van der Waals surface area contributed by atoms with E-state index in [1.54, 1.807) is 12.1 Å². The third kappa shape index (κ3) is 3.54. The van der Waals surface area contributed by atoms with Gasteiger partial charge in [0.2, 0.25) is 10.0 Å². The summed E-state index contributed by atoms with van der Waals surface area (Å²) in [6, 6.07) is 6.93. The summed E-state index contributed by atoms with van der Waals surface area (Å²) in [5.74, 6) is 0. The van der Waals surface area contributed by atoms with Crippen molar-refractivity contribution in [1.29, 1.82) is 0 Å². The summed E-state index contributed by atoms with van der Waals surface area (Å²) in [6.07, 6.45) is 0. The molecule has 0 aliphatic carbocycles. The Labute approximate surface area is 110 Å². The van der Waals surface area contributed by atoms with Crippen LogP contribution in [-0.2, 0) is 10.0 Å². The Hall–Kier alpha value is -0.910. The number of hydrogen-bond acceptors (Lipinski definition) is 3. The van der Waals surface area contributed by atoms with Gasteiger partial charge in [-0.3, -0.25) is 0 Å². The van der Waals surface area contributed by atoms with E-state index < -0.39 is 10.0 Å². The molecule has 4 nitrogen and oxygen atoms in total. The minimum atomic E-state index is -3.40. The lowest BCUT2D eigenvalue weighted by Gasteiger charge is -2.25. The van der Waals surface area contributed by atoms with Crippen LogP contribution in [0.25, 0.3) is 0 Å². The van der Waals surface area contributed by atoms with Gasteiger partial charge < -0.3 is 5.32 Å². The lowest BCUT2D eigenvalue weighted by atomic mass is 10.2. The van der Waals surface area contributed by atoms with E-state index in [4.69, 9.17) is 0 Å². The zero-order valence-electron chi connectivity index (χ0n) is 11.5. The van der Waals surface area contributed by atoms with Crippen LogP contribution >= 0.6 is 0 Å². The Bertz CT molecular complexity index is 466. The van der Waals surface area contributed by atoms with Gasteiger partial charge in [0.25, 0.3) is 0 Å². The number of nitrogens with one attached hydrogen (secondary N) is 1. The molecular weight excluding hydrogens is 248 g/mol. The van der Waals surface area contributed by atoms with Gasteiger partial charge in [-0.1, -0.05) is 17.7 Å². The van der Waals surface area contributed by atoms with Crippen molar-refractivity contribution in [3.63, 3.8) is 0 Å². The van der Waals surface area contributed by atoms with E-state index in [-0.39, 0.29) is 6.04 Å². The van der Waals surface area contributed by atoms with Crippen molar-refractivity contribution in [3.8, 4) is 0 Å². The fourth-order valence-electron chi connectivity index (χ4n) is 1.72. The zero-order chi connectivity index (χ0) is 13.8. The third-order valence-electron chi connectivity index (χ3n) is 2.79. The largest absolute Gasteiger partial charge is 0.318 e. The number of likely N-dealkylation sites (N-methyl/N-ethyl adjacent to an activating group) is 1. The molecule has 1 rings (SSSR count). The molecule has 0 spiro atoms. The van der Waals surface area contributed by atoms with Crippen molar-refractivity contribution < 1.29 is 8.42 Å². The van der Waals surface area contributed by atoms with Crippen LogP contribution in [0.4, 0.5) is 0 Å². The molecule has 0 aliphatic rings. The Kier molecular flexibility index (Phi) is 5.31. The maximum atomic E-state index is 12.5. The number of sulfonamides is 1. The van der Waals surface area contributed by atoms with Gasteiger partial charge in [0.15, 0.2) is 0 Å². The summed E-state index contributed by atoms with van der Waals surface area (Å²) in [7, 11) is -1.58. The van der Waals surface area contributed by atoms with E-state index in [9.17, 15) is 8.42 Å². The summed E-state index contributed by atoms with van der Waals surface area (Å²) >= 11 is 0. The van der Waals surface area contributed by atoms with Gasteiger partial charge >= 0.3 is 0 Å². The van der Waals surface area contributed by atoms with Crippen LogP contribution in [0.1, 0.15) is 19.4 Å². The fraction of sp³-hybridized carbons (Fsp3) is 0.538. The van der Waals surface area contributed by atoms with Crippen molar-refractivity contribution in [3.05, 3.63) is 29.8 Å². The van der Waals surface area contributed by atoms with Crippen LogP contribution in [0.5, 0.6) is 0 Å². The highest BCUT2D eigenvalue weighted by molar-refractivity contribution is 7.89. The van der Waals surface area contributed by atoms with Crippen LogP contribution in [-0.4, -0.2) is 38.9 Å². The second kappa shape index (κ2) is 6.31. The van der Waals surface area contributed by atoms with Crippen molar-refractivity contribution in [1.82, 2.24) is 9.62 Å². The molecule has 0 saturated carbocycles. The van der Waals surface area contributed by atoms with E-state index in [2.05, 4.69) is 5.32 Å². The maximum absolute atomic E-state index is 12.5. The number of nitrogens with zero attached hydrogens (tertiary/aromatic N) is 1. The normalized spacial score (nSPS) is 12.3. The summed E-state index contributed by atoms with van der Waals surface area (Å²) < 4.78 is 26.5. The van der Waals surface area contributed by atoms with Gasteiger partial charge in [0.05, 0.1) is 4.90 Å². The minimum Gasteiger partial charge on any atom is -0.318 e. The highest BCUT2D eigenvalue weighted by Gasteiger charge is 2.26. The molecule has 0 radical (unpaired) electrons. The van der Waals surface area contributed by atoms with Crippen LogP contribution in [0.3, 0.4) is 0 Å². The second-order valence-corrected chi connectivity index (χ2v) is 6.52.